The van der Waals surface area contributed by atoms with Crippen molar-refractivity contribution in [1.29, 1.82) is 0 Å². The van der Waals surface area contributed by atoms with E-state index >= 15 is 0 Å². The van der Waals surface area contributed by atoms with Gasteiger partial charge in [0, 0.05) is 6.42 Å². The van der Waals surface area contributed by atoms with Gasteiger partial charge in [-0.2, -0.15) is 0 Å². The molecule has 0 saturated heterocycles. The molecule has 0 bridgehead atoms. The van der Waals surface area contributed by atoms with Gasteiger partial charge in [0.25, 0.3) is 0 Å². The molecule has 1 atom stereocenters. The lowest BCUT2D eigenvalue weighted by Gasteiger charge is -2.14. The molecule has 2 aromatic carbocycles. The normalized spacial score (nSPS) is 11.8. The lowest BCUT2D eigenvalue weighted by molar-refractivity contribution is -0.121. The summed E-state index contributed by atoms with van der Waals surface area (Å²) in [6.45, 7) is 4.55. The van der Waals surface area contributed by atoms with Gasteiger partial charge in [0.15, 0.2) is 0 Å². The molecule has 0 aliphatic rings. The van der Waals surface area contributed by atoms with Crippen LogP contribution in [-0.2, 0) is 4.79 Å². The summed E-state index contributed by atoms with van der Waals surface area (Å²) in [5.41, 5.74) is 2.29. The number of nitrogens with one attached hydrogen (secondary N) is 1. The van der Waals surface area contributed by atoms with E-state index in [2.05, 4.69) is 21.2 Å². The van der Waals surface area contributed by atoms with Crippen LogP contribution in [0.4, 0.5) is 0 Å². The fourth-order valence-corrected chi connectivity index (χ4v) is 2.88. The van der Waals surface area contributed by atoms with Crippen LogP contribution in [0.25, 0.3) is 0 Å². The maximum absolute atomic E-state index is 12.0. The van der Waals surface area contributed by atoms with Gasteiger partial charge < -0.3 is 10.1 Å². The third kappa shape index (κ3) is 5.71. The average Bonchev–Trinajstić information content (AvgIpc) is 2.54. The molecule has 122 valence electrons. The molecule has 2 aromatic rings. The Hall–Kier alpha value is -1.81. The summed E-state index contributed by atoms with van der Waals surface area (Å²) < 4.78 is 6.65. The van der Waals surface area contributed by atoms with Gasteiger partial charge in [-0.05, 0) is 59.5 Å². The highest BCUT2D eigenvalue weighted by molar-refractivity contribution is 9.10. The molecule has 1 unspecified atom stereocenters. The zero-order valence-electron chi connectivity index (χ0n) is 13.5. The number of benzene rings is 2. The van der Waals surface area contributed by atoms with Crippen molar-refractivity contribution in [2.75, 3.05) is 6.61 Å². The highest BCUT2D eigenvalue weighted by Crippen LogP contribution is 2.25. The molecule has 23 heavy (non-hydrogen) atoms. The molecule has 0 fully saturated rings. The zero-order chi connectivity index (χ0) is 16.7. The fourth-order valence-electron chi connectivity index (χ4n) is 2.28. The summed E-state index contributed by atoms with van der Waals surface area (Å²) in [6, 6.07) is 16.0. The van der Waals surface area contributed by atoms with E-state index in [1.165, 1.54) is 5.56 Å². The van der Waals surface area contributed by atoms with Crippen molar-refractivity contribution in [2.45, 2.75) is 32.7 Å². The van der Waals surface area contributed by atoms with Crippen molar-refractivity contribution in [3.8, 4) is 5.75 Å². The molecule has 0 aromatic heterocycles. The number of carbonyl (C=O) groups excluding carboxylic acids is 1. The van der Waals surface area contributed by atoms with Crippen LogP contribution in [-0.4, -0.2) is 12.5 Å². The van der Waals surface area contributed by atoms with E-state index in [0.29, 0.717) is 19.4 Å². The largest absolute Gasteiger partial charge is 0.492 e. The van der Waals surface area contributed by atoms with Crippen molar-refractivity contribution in [1.82, 2.24) is 5.32 Å². The van der Waals surface area contributed by atoms with Crippen LogP contribution < -0.4 is 10.1 Å². The summed E-state index contributed by atoms with van der Waals surface area (Å²) >= 11 is 3.48. The number of halogens is 1. The van der Waals surface area contributed by atoms with E-state index in [0.717, 1.165) is 15.8 Å². The molecule has 3 nitrogen and oxygen atoms in total. The van der Waals surface area contributed by atoms with Crippen LogP contribution in [0.1, 0.15) is 36.9 Å². The summed E-state index contributed by atoms with van der Waals surface area (Å²) in [6.07, 6.45) is 1.15. The molecule has 0 heterocycles. The molecular formula is C19H22BrNO2. The first-order valence-corrected chi connectivity index (χ1v) is 8.59. The van der Waals surface area contributed by atoms with Crippen LogP contribution in [0.5, 0.6) is 5.75 Å². The van der Waals surface area contributed by atoms with Gasteiger partial charge >= 0.3 is 0 Å². The molecule has 2 rings (SSSR count). The van der Waals surface area contributed by atoms with E-state index in [4.69, 9.17) is 4.74 Å². The Kier molecular flexibility index (Phi) is 6.66. The SMILES string of the molecule is Cc1ccc(OCCCC(=O)NC(C)c2ccccc2)c(Br)c1. The minimum absolute atomic E-state index is 0.0239. The van der Waals surface area contributed by atoms with E-state index in [9.17, 15) is 4.79 Å². The van der Waals surface area contributed by atoms with E-state index in [1.54, 1.807) is 0 Å². The lowest BCUT2D eigenvalue weighted by Crippen LogP contribution is -2.26. The number of aryl methyl sites for hydroxylation is 1. The summed E-state index contributed by atoms with van der Waals surface area (Å²) in [7, 11) is 0. The fraction of sp³-hybridized carbons (Fsp3) is 0.316. The van der Waals surface area contributed by atoms with Crippen molar-refractivity contribution in [3.63, 3.8) is 0 Å². The number of hydrogen-bond donors (Lipinski definition) is 1. The van der Waals surface area contributed by atoms with Crippen molar-refractivity contribution in [3.05, 3.63) is 64.1 Å². The second-order valence-electron chi connectivity index (χ2n) is 5.59. The number of carbonyl (C=O) groups is 1. The number of hydrogen-bond acceptors (Lipinski definition) is 2. The zero-order valence-corrected chi connectivity index (χ0v) is 15.1. The highest BCUT2D eigenvalue weighted by atomic mass is 79.9. The van der Waals surface area contributed by atoms with Crippen LogP contribution in [0.15, 0.2) is 53.0 Å². The molecule has 1 N–H and O–H groups in total. The first-order chi connectivity index (χ1) is 11.1. The van der Waals surface area contributed by atoms with E-state index < -0.39 is 0 Å². The average molecular weight is 376 g/mol. The first-order valence-electron chi connectivity index (χ1n) is 7.79. The third-order valence-corrected chi connectivity index (χ3v) is 4.19. The van der Waals surface area contributed by atoms with Crippen molar-refractivity contribution < 1.29 is 9.53 Å². The maximum atomic E-state index is 12.0. The standard InChI is InChI=1S/C19H22BrNO2/c1-14-10-11-18(17(20)13-14)23-12-6-9-19(22)21-15(2)16-7-4-3-5-8-16/h3-5,7-8,10-11,13,15H,6,9,12H2,1-2H3,(H,21,22). The van der Waals surface area contributed by atoms with Gasteiger partial charge in [-0.3, -0.25) is 4.79 Å². The van der Waals surface area contributed by atoms with Crippen molar-refractivity contribution >= 4 is 21.8 Å². The first kappa shape index (κ1) is 17.5. The van der Waals surface area contributed by atoms with Crippen molar-refractivity contribution in [2.24, 2.45) is 0 Å². The molecule has 0 spiro atoms. The van der Waals surface area contributed by atoms with Crippen LogP contribution >= 0.6 is 15.9 Å². The quantitative estimate of drug-likeness (QED) is 0.706. The minimum Gasteiger partial charge on any atom is -0.492 e. The summed E-state index contributed by atoms with van der Waals surface area (Å²) in [5, 5.41) is 3.01. The highest BCUT2D eigenvalue weighted by Gasteiger charge is 2.09. The van der Waals surface area contributed by atoms with Crippen LogP contribution in [0, 0.1) is 6.92 Å². The molecule has 1 amide bonds. The van der Waals surface area contributed by atoms with E-state index in [1.807, 2.05) is 62.4 Å². The predicted molar refractivity (Wildman–Crippen MR) is 96.6 cm³/mol. The van der Waals surface area contributed by atoms with Gasteiger partial charge in [-0.1, -0.05) is 36.4 Å². The number of amides is 1. The molecule has 0 saturated carbocycles. The smallest absolute Gasteiger partial charge is 0.220 e. The third-order valence-electron chi connectivity index (χ3n) is 3.57. The maximum Gasteiger partial charge on any atom is 0.220 e. The summed E-state index contributed by atoms with van der Waals surface area (Å²) in [5.74, 6) is 0.863. The molecule has 0 aliphatic heterocycles. The Morgan fingerprint density at radius 2 is 1.96 bits per heavy atom. The Bertz CT molecular complexity index is 643. The van der Waals surface area contributed by atoms with Gasteiger partial charge in [0.2, 0.25) is 5.91 Å². The van der Waals surface area contributed by atoms with Crippen LogP contribution in [0.3, 0.4) is 0 Å². The predicted octanol–water partition coefficient (Wildman–Crippen LogP) is 4.79. The van der Waals surface area contributed by atoms with Gasteiger partial charge in [-0.15, -0.1) is 0 Å². The molecule has 0 radical (unpaired) electrons. The molecular weight excluding hydrogens is 354 g/mol. The van der Waals surface area contributed by atoms with Gasteiger partial charge in [0.05, 0.1) is 17.1 Å². The van der Waals surface area contributed by atoms with Gasteiger partial charge in [-0.25, -0.2) is 0 Å². The second-order valence-corrected chi connectivity index (χ2v) is 6.44. The lowest BCUT2D eigenvalue weighted by atomic mass is 10.1. The Morgan fingerprint density at radius 3 is 2.65 bits per heavy atom. The number of ether oxygens (including phenoxy) is 1. The Balaban J connectivity index is 1.70. The van der Waals surface area contributed by atoms with E-state index in [-0.39, 0.29) is 11.9 Å². The van der Waals surface area contributed by atoms with Gasteiger partial charge in [0.1, 0.15) is 5.75 Å². The summed E-state index contributed by atoms with van der Waals surface area (Å²) in [4.78, 5) is 12.0. The minimum atomic E-state index is 0.0239. The Labute approximate surface area is 146 Å². The number of rotatable bonds is 7. The molecule has 0 aliphatic carbocycles. The molecule has 4 heteroatoms. The monoisotopic (exact) mass is 375 g/mol. The second kappa shape index (κ2) is 8.73. The Morgan fingerprint density at radius 1 is 1.22 bits per heavy atom. The van der Waals surface area contributed by atoms with Crippen LogP contribution in [0.2, 0.25) is 0 Å². The topological polar surface area (TPSA) is 38.3 Å².